The van der Waals surface area contributed by atoms with Gasteiger partial charge in [-0.3, -0.25) is 4.79 Å². The van der Waals surface area contributed by atoms with Gasteiger partial charge in [0.15, 0.2) is 5.78 Å². The fourth-order valence-electron chi connectivity index (χ4n) is 3.57. The Morgan fingerprint density at radius 3 is 2.28 bits per heavy atom. The van der Waals surface area contributed by atoms with Gasteiger partial charge >= 0.3 is 0 Å². The van der Waals surface area contributed by atoms with Crippen LogP contribution in [0.3, 0.4) is 0 Å². The molecule has 0 fully saturated rings. The van der Waals surface area contributed by atoms with Crippen molar-refractivity contribution in [1.82, 2.24) is 0 Å². The van der Waals surface area contributed by atoms with Gasteiger partial charge in [0, 0.05) is 17.1 Å². The molecule has 0 radical (unpaired) electrons. The molecule has 1 unspecified atom stereocenters. The minimum Gasteiger partial charge on any atom is -0.289 e. The fourth-order valence-corrected chi connectivity index (χ4v) is 3.57. The Balaban J connectivity index is 1.81. The van der Waals surface area contributed by atoms with Crippen LogP contribution in [0.4, 0.5) is 0 Å². The summed E-state index contributed by atoms with van der Waals surface area (Å²) in [6.45, 7) is 2.07. The third-order valence-electron chi connectivity index (χ3n) is 4.92. The van der Waals surface area contributed by atoms with E-state index in [-0.39, 0.29) is 11.7 Å². The van der Waals surface area contributed by atoms with Gasteiger partial charge in [0.25, 0.3) is 0 Å². The third kappa shape index (κ3) is 3.06. The van der Waals surface area contributed by atoms with Crippen molar-refractivity contribution >= 4 is 11.9 Å². The van der Waals surface area contributed by atoms with E-state index < -0.39 is 0 Å². The van der Waals surface area contributed by atoms with Crippen molar-refractivity contribution in [3.8, 4) is 0 Å². The number of allylic oxidation sites excluding steroid dienone is 1. The van der Waals surface area contributed by atoms with Gasteiger partial charge in [-0.1, -0.05) is 84.4 Å². The van der Waals surface area contributed by atoms with Crippen LogP contribution in [0.15, 0.2) is 84.4 Å². The molecule has 3 aromatic carbocycles. The van der Waals surface area contributed by atoms with Gasteiger partial charge in [0.2, 0.25) is 0 Å². The summed E-state index contributed by atoms with van der Waals surface area (Å²) < 4.78 is 0. The summed E-state index contributed by atoms with van der Waals surface area (Å²) in [7, 11) is 0. The van der Waals surface area contributed by atoms with Crippen LogP contribution in [0.5, 0.6) is 0 Å². The molecule has 0 amide bonds. The molecule has 0 heterocycles. The monoisotopic (exact) mass is 324 g/mol. The molecule has 0 aliphatic heterocycles. The topological polar surface area (TPSA) is 17.1 Å². The van der Waals surface area contributed by atoms with Crippen LogP contribution in [-0.2, 0) is 0 Å². The van der Waals surface area contributed by atoms with Gasteiger partial charge in [0.1, 0.15) is 0 Å². The number of carbonyl (C=O) groups is 1. The van der Waals surface area contributed by atoms with Crippen LogP contribution in [0.25, 0.3) is 6.08 Å². The molecule has 1 heteroatoms. The maximum Gasteiger partial charge on any atom is 0.189 e. The van der Waals surface area contributed by atoms with Gasteiger partial charge in [-0.25, -0.2) is 0 Å². The number of benzene rings is 3. The van der Waals surface area contributed by atoms with Crippen molar-refractivity contribution in [1.29, 1.82) is 0 Å². The zero-order chi connectivity index (χ0) is 17.2. The van der Waals surface area contributed by atoms with Crippen LogP contribution in [0, 0.1) is 6.92 Å². The van der Waals surface area contributed by atoms with E-state index in [1.54, 1.807) is 0 Å². The van der Waals surface area contributed by atoms with Crippen molar-refractivity contribution in [3.63, 3.8) is 0 Å². The lowest BCUT2D eigenvalue weighted by Crippen LogP contribution is -2.19. The van der Waals surface area contributed by atoms with Crippen molar-refractivity contribution < 1.29 is 4.79 Å². The largest absolute Gasteiger partial charge is 0.289 e. The molecule has 0 spiro atoms. The second-order valence-electron chi connectivity index (χ2n) is 6.66. The molecule has 0 saturated carbocycles. The van der Waals surface area contributed by atoms with E-state index in [0.29, 0.717) is 0 Å². The number of fused-ring (bicyclic) bond motifs is 1. The summed E-state index contributed by atoms with van der Waals surface area (Å²) in [6, 6.07) is 26.8. The SMILES string of the molecule is Cc1ccc(C=C2CC(c3ccccc3)c3ccccc3C2=O)cc1. The Morgan fingerprint density at radius 1 is 0.840 bits per heavy atom. The van der Waals surface area contributed by atoms with E-state index >= 15 is 0 Å². The van der Waals surface area contributed by atoms with Crippen LogP contribution < -0.4 is 0 Å². The van der Waals surface area contributed by atoms with Crippen molar-refractivity contribution in [2.45, 2.75) is 19.3 Å². The van der Waals surface area contributed by atoms with Crippen molar-refractivity contribution in [3.05, 3.63) is 112 Å². The van der Waals surface area contributed by atoms with Gasteiger partial charge in [-0.15, -0.1) is 0 Å². The molecule has 0 aromatic heterocycles. The van der Waals surface area contributed by atoms with Crippen molar-refractivity contribution in [2.24, 2.45) is 0 Å². The van der Waals surface area contributed by atoms with Crippen molar-refractivity contribution in [2.75, 3.05) is 0 Å². The Hall–Kier alpha value is -2.93. The predicted octanol–water partition coefficient (Wildman–Crippen LogP) is 5.80. The highest BCUT2D eigenvalue weighted by atomic mass is 16.1. The zero-order valence-electron chi connectivity index (χ0n) is 14.3. The first-order valence-electron chi connectivity index (χ1n) is 8.68. The highest BCUT2D eigenvalue weighted by molar-refractivity contribution is 6.13. The molecule has 3 aromatic rings. The first kappa shape index (κ1) is 15.6. The average molecular weight is 324 g/mol. The number of ketones is 1. The van der Waals surface area contributed by atoms with E-state index in [1.807, 2.05) is 30.3 Å². The molecule has 0 saturated heterocycles. The molecular weight excluding hydrogens is 304 g/mol. The number of rotatable bonds is 2. The Bertz CT molecular complexity index is 933. The highest BCUT2D eigenvalue weighted by Gasteiger charge is 2.29. The maximum atomic E-state index is 13.0. The van der Waals surface area contributed by atoms with E-state index in [9.17, 15) is 4.79 Å². The van der Waals surface area contributed by atoms with Gasteiger partial charge < -0.3 is 0 Å². The summed E-state index contributed by atoms with van der Waals surface area (Å²) in [5.74, 6) is 0.384. The summed E-state index contributed by atoms with van der Waals surface area (Å²) in [5, 5.41) is 0. The molecule has 25 heavy (non-hydrogen) atoms. The minimum absolute atomic E-state index is 0.156. The predicted molar refractivity (Wildman–Crippen MR) is 103 cm³/mol. The first-order chi connectivity index (χ1) is 12.2. The maximum absolute atomic E-state index is 13.0. The number of aryl methyl sites for hydroxylation is 1. The molecule has 4 rings (SSSR count). The molecule has 0 N–H and O–H groups in total. The standard InChI is InChI=1S/C24H20O/c1-17-11-13-18(14-12-17)15-20-16-23(19-7-3-2-4-8-19)21-9-5-6-10-22(21)24(20)25/h2-15,23H,16H2,1H3. The normalized spacial score (nSPS) is 18.2. The number of hydrogen-bond acceptors (Lipinski definition) is 1. The van der Waals surface area contributed by atoms with E-state index in [0.717, 1.165) is 28.7 Å². The molecule has 1 nitrogen and oxygen atoms in total. The Morgan fingerprint density at radius 2 is 1.52 bits per heavy atom. The Kier molecular flexibility index (Phi) is 4.07. The molecule has 122 valence electrons. The summed E-state index contributed by atoms with van der Waals surface area (Å²) in [6.07, 6.45) is 2.79. The second kappa shape index (κ2) is 6.52. The second-order valence-corrected chi connectivity index (χ2v) is 6.66. The lowest BCUT2D eigenvalue weighted by molar-refractivity contribution is 0.102. The van der Waals surface area contributed by atoms with Gasteiger partial charge in [0.05, 0.1) is 0 Å². The fraction of sp³-hybridized carbons (Fsp3) is 0.125. The Labute approximate surface area is 148 Å². The van der Waals surface area contributed by atoms with Crippen LogP contribution in [0.1, 0.15) is 45.0 Å². The zero-order valence-corrected chi connectivity index (χ0v) is 14.3. The third-order valence-corrected chi connectivity index (χ3v) is 4.92. The van der Waals surface area contributed by atoms with E-state index in [4.69, 9.17) is 0 Å². The minimum atomic E-state index is 0.156. The van der Waals surface area contributed by atoms with Gasteiger partial charge in [-0.05, 0) is 36.1 Å². The van der Waals surface area contributed by atoms with Crippen LogP contribution in [-0.4, -0.2) is 5.78 Å². The number of Topliss-reactive ketones (excluding diaryl/α,β-unsaturated/α-hetero) is 1. The average Bonchev–Trinajstić information content (AvgIpc) is 2.66. The highest BCUT2D eigenvalue weighted by Crippen LogP contribution is 2.39. The number of carbonyl (C=O) groups excluding carboxylic acids is 1. The smallest absolute Gasteiger partial charge is 0.189 e. The molecule has 0 bridgehead atoms. The van der Waals surface area contributed by atoms with Gasteiger partial charge in [-0.2, -0.15) is 0 Å². The molecule has 1 aliphatic carbocycles. The van der Waals surface area contributed by atoms with Crippen LogP contribution in [0.2, 0.25) is 0 Å². The first-order valence-corrected chi connectivity index (χ1v) is 8.68. The summed E-state index contributed by atoms with van der Waals surface area (Å²) in [4.78, 5) is 13.0. The lowest BCUT2D eigenvalue weighted by atomic mass is 9.75. The van der Waals surface area contributed by atoms with E-state index in [2.05, 4.69) is 61.5 Å². The summed E-state index contributed by atoms with van der Waals surface area (Å²) in [5.41, 5.74) is 6.43. The number of hydrogen-bond donors (Lipinski definition) is 0. The molecule has 1 atom stereocenters. The lowest BCUT2D eigenvalue weighted by Gasteiger charge is -2.27. The quantitative estimate of drug-likeness (QED) is 0.545. The molecule has 1 aliphatic rings. The molecular formula is C24H20O. The summed E-state index contributed by atoms with van der Waals surface area (Å²) >= 11 is 0. The van der Waals surface area contributed by atoms with E-state index in [1.165, 1.54) is 11.1 Å². The van der Waals surface area contributed by atoms with Crippen LogP contribution >= 0.6 is 0 Å².